The van der Waals surface area contributed by atoms with Crippen LogP contribution in [0.3, 0.4) is 0 Å². The van der Waals surface area contributed by atoms with Gasteiger partial charge in [0.1, 0.15) is 13.2 Å². The quantitative estimate of drug-likeness (QED) is 0.865. The van der Waals surface area contributed by atoms with Crippen LogP contribution in [0.2, 0.25) is 0 Å². The van der Waals surface area contributed by atoms with Gasteiger partial charge in [0.05, 0.1) is 4.90 Å². The highest BCUT2D eigenvalue weighted by Gasteiger charge is 2.22. The maximum absolute atomic E-state index is 12.7. The van der Waals surface area contributed by atoms with Crippen LogP contribution in [0, 0.1) is 0 Å². The molecule has 1 heterocycles. The fourth-order valence-electron chi connectivity index (χ4n) is 2.62. The number of sulfonamides is 1. The Hall–Kier alpha value is -2.58. The molecule has 0 aromatic heterocycles. The van der Waals surface area contributed by atoms with Crippen LogP contribution in [-0.4, -0.2) is 38.9 Å². The highest BCUT2D eigenvalue weighted by atomic mass is 32.2. The van der Waals surface area contributed by atoms with Crippen molar-refractivity contribution in [2.45, 2.75) is 18.4 Å². The summed E-state index contributed by atoms with van der Waals surface area (Å²) in [5, 5.41) is 2.61. The molecule has 0 aliphatic carbocycles. The molecule has 1 amide bonds. The lowest BCUT2D eigenvalue weighted by molar-refractivity contribution is -0.114. The topological polar surface area (TPSA) is 84.9 Å². The lowest BCUT2D eigenvalue weighted by Gasteiger charge is -2.21. The van der Waals surface area contributed by atoms with Crippen molar-refractivity contribution in [3.8, 4) is 11.5 Å². The second kappa shape index (κ2) is 7.35. The van der Waals surface area contributed by atoms with Crippen molar-refractivity contribution in [1.29, 1.82) is 0 Å². The third-order valence-corrected chi connectivity index (χ3v) is 5.71. The standard InChI is InChI=1S/C18H20N2O5S/c1-13(21)19-15-4-6-16(7-5-15)26(22,23)20(2)12-14-3-8-17-18(11-14)25-10-9-24-17/h3-8,11H,9-10,12H2,1-2H3,(H,19,21). The molecule has 0 spiro atoms. The van der Waals surface area contributed by atoms with Crippen LogP contribution in [0.5, 0.6) is 11.5 Å². The van der Waals surface area contributed by atoms with Crippen molar-refractivity contribution in [3.05, 3.63) is 48.0 Å². The molecule has 2 aromatic carbocycles. The molecule has 1 aliphatic rings. The number of carbonyl (C=O) groups excluding carboxylic acids is 1. The smallest absolute Gasteiger partial charge is 0.243 e. The summed E-state index contributed by atoms with van der Waals surface area (Å²) < 4.78 is 37.8. The number of benzene rings is 2. The minimum absolute atomic E-state index is 0.159. The number of ether oxygens (including phenoxy) is 2. The van der Waals surface area contributed by atoms with Gasteiger partial charge in [-0.2, -0.15) is 4.31 Å². The normalized spacial score (nSPS) is 13.5. The van der Waals surface area contributed by atoms with E-state index in [0.29, 0.717) is 30.4 Å². The molecule has 1 aliphatic heterocycles. The van der Waals surface area contributed by atoms with Crippen molar-refractivity contribution >= 4 is 21.6 Å². The number of anilines is 1. The SMILES string of the molecule is CC(=O)Nc1ccc(S(=O)(=O)N(C)Cc2ccc3c(c2)OCCO3)cc1. The molecule has 3 rings (SSSR count). The van der Waals surface area contributed by atoms with Gasteiger partial charge in [-0.05, 0) is 42.0 Å². The first-order valence-corrected chi connectivity index (χ1v) is 9.53. The van der Waals surface area contributed by atoms with Gasteiger partial charge in [0.15, 0.2) is 11.5 Å². The number of hydrogen-bond acceptors (Lipinski definition) is 5. The molecule has 7 nitrogen and oxygen atoms in total. The van der Waals surface area contributed by atoms with Crippen LogP contribution in [0.15, 0.2) is 47.4 Å². The largest absolute Gasteiger partial charge is 0.486 e. The summed E-state index contributed by atoms with van der Waals surface area (Å²) in [7, 11) is -2.13. The first-order chi connectivity index (χ1) is 12.4. The summed E-state index contributed by atoms with van der Waals surface area (Å²) in [5.41, 5.74) is 1.35. The summed E-state index contributed by atoms with van der Waals surface area (Å²) in [5.74, 6) is 1.08. The number of amides is 1. The number of nitrogens with zero attached hydrogens (tertiary/aromatic N) is 1. The Kier molecular flexibility index (Phi) is 5.15. The average molecular weight is 376 g/mol. The molecule has 0 atom stereocenters. The Balaban J connectivity index is 1.75. The van der Waals surface area contributed by atoms with E-state index in [4.69, 9.17) is 9.47 Å². The van der Waals surface area contributed by atoms with Crippen molar-refractivity contribution in [3.63, 3.8) is 0 Å². The molecule has 2 aromatic rings. The van der Waals surface area contributed by atoms with Gasteiger partial charge >= 0.3 is 0 Å². The third-order valence-electron chi connectivity index (χ3n) is 3.89. The molecule has 0 fully saturated rings. The van der Waals surface area contributed by atoms with E-state index in [1.165, 1.54) is 30.4 Å². The monoisotopic (exact) mass is 376 g/mol. The van der Waals surface area contributed by atoms with Crippen molar-refractivity contribution in [2.75, 3.05) is 25.6 Å². The number of carbonyl (C=O) groups is 1. The van der Waals surface area contributed by atoms with E-state index in [2.05, 4.69) is 5.32 Å². The number of rotatable bonds is 5. The zero-order chi connectivity index (χ0) is 18.7. The third kappa shape index (κ3) is 3.97. The highest BCUT2D eigenvalue weighted by Crippen LogP contribution is 2.31. The van der Waals surface area contributed by atoms with E-state index in [1.807, 2.05) is 6.07 Å². The fourth-order valence-corrected chi connectivity index (χ4v) is 3.78. The van der Waals surface area contributed by atoms with E-state index in [9.17, 15) is 13.2 Å². The van der Waals surface area contributed by atoms with Gasteiger partial charge in [-0.25, -0.2) is 8.42 Å². The molecule has 0 unspecified atom stereocenters. The molecule has 1 N–H and O–H groups in total. The molecule has 0 saturated heterocycles. The first-order valence-electron chi connectivity index (χ1n) is 8.09. The Labute approximate surface area is 152 Å². The van der Waals surface area contributed by atoms with Crippen LogP contribution in [-0.2, 0) is 21.4 Å². The summed E-state index contributed by atoms with van der Waals surface area (Å²) >= 11 is 0. The van der Waals surface area contributed by atoms with Crippen molar-refractivity contribution in [2.24, 2.45) is 0 Å². The van der Waals surface area contributed by atoms with Crippen LogP contribution < -0.4 is 14.8 Å². The molecular weight excluding hydrogens is 356 g/mol. The number of hydrogen-bond donors (Lipinski definition) is 1. The van der Waals surface area contributed by atoms with Gasteiger partial charge < -0.3 is 14.8 Å². The van der Waals surface area contributed by atoms with Gasteiger partial charge in [0.25, 0.3) is 0 Å². The molecule has 0 saturated carbocycles. The van der Waals surface area contributed by atoms with Crippen LogP contribution >= 0.6 is 0 Å². The molecular formula is C18H20N2O5S. The maximum Gasteiger partial charge on any atom is 0.243 e. The van der Waals surface area contributed by atoms with Gasteiger partial charge in [-0.1, -0.05) is 6.07 Å². The number of fused-ring (bicyclic) bond motifs is 1. The fraction of sp³-hybridized carbons (Fsp3) is 0.278. The Morgan fingerprint density at radius 1 is 1.08 bits per heavy atom. The zero-order valence-electron chi connectivity index (χ0n) is 14.6. The van der Waals surface area contributed by atoms with Gasteiger partial charge in [0, 0.05) is 26.2 Å². The number of nitrogens with one attached hydrogen (secondary N) is 1. The summed E-state index contributed by atoms with van der Waals surface area (Å²) in [4.78, 5) is 11.2. The summed E-state index contributed by atoms with van der Waals surface area (Å²) in [6.45, 7) is 2.58. The first kappa shape index (κ1) is 18.2. The highest BCUT2D eigenvalue weighted by molar-refractivity contribution is 7.89. The summed E-state index contributed by atoms with van der Waals surface area (Å²) in [6, 6.07) is 11.5. The minimum atomic E-state index is -3.66. The van der Waals surface area contributed by atoms with Crippen molar-refractivity contribution in [1.82, 2.24) is 4.31 Å². The minimum Gasteiger partial charge on any atom is -0.486 e. The lowest BCUT2D eigenvalue weighted by Crippen LogP contribution is -2.26. The second-order valence-electron chi connectivity index (χ2n) is 5.94. The van der Waals surface area contributed by atoms with E-state index >= 15 is 0 Å². The van der Waals surface area contributed by atoms with E-state index < -0.39 is 10.0 Å². The zero-order valence-corrected chi connectivity index (χ0v) is 15.4. The van der Waals surface area contributed by atoms with Crippen LogP contribution in [0.4, 0.5) is 5.69 Å². The summed E-state index contributed by atoms with van der Waals surface area (Å²) in [6.07, 6.45) is 0. The van der Waals surface area contributed by atoms with E-state index in [-0.39, 0.29) is 17.3 Å². The molecule has 138 valence electrons. The predicted molar refractivity (Wildman–Crippen MR) is 96.8 cm³/mol. The predicted octanol–water partition coefficient (Wildman–Crippen LogP) is 2.24. The van der Waals surface area contributed by atoms with E-state index in [1.54, 1.807) is 24.3 Å². The van der Waals surface area contributed by atoms with Gasteiger partial charge in [-0.15, -0.1) is 0 Å². The van der Waals surface area contributed by atoms with Crippen LogP contribution in [0.25, 0.3) is 0 Å². The molecule has 0 bridgehead atoms. The van der Waals surface area contributed by atoms with E-state index in [0.717, 1.165) is 5.56 Å². The molecule has 0 radical (unpaired) electrons. The Morgan fingerprint density at radius 3 is 2.38 bits per heavy atom. The molecule has 8 heteroatoms. The Bertz CT molecular complexity index is 910. The van der Waals surface area contributed by atoms with Crippen LogP contribution in [0.1, 0.15) is 12.5 Å². The Morgan fingerprint density at radius 2 is 1.73 bits per heavy atom. The van der Waals surface area contributed by atoms with Gasteiger partial charge in [0.2, 0.25) is 15.9 Å². The second-order valence-corrected chi connectivity index (χ2v) is 7.99. The molecule has 26 heavy (non-hydrogen) atoms. The maximum atomic E-state index is 12.7. The van der Waals surface area contributed by atoms with Crippen molar-refractivity contribution < 1.29 is 22.7 Å². The van der Waals surface area contributed by atoms with Gasteiger partial charge in [-0.3, -0.25) is 4.79 Å². The lowest BCUT2D eigenvalue weighted by atomic mass is 10.2. The average Bonchev–Trinajstić information content (AvgIpc) is 2.61.